The number of methoxy groups -OCH3 is 1. The summed E-state index contributed by atoms with van der Waals surface area (Å²) in [5.41, 5.74) is 2.47. The number of rotatable bonds is 13. The number of nitrogens with zero attached hydrogens (tertiary/aromatic N) is 4. The molecule has 4 aromatic rings. The maximum Gasteiger partial charge on any atom is 0.416 e. The lowest BCUT2D eigenvalue weighted by molar-refractivity contribution is -0.904. The van der Waals surface area contributed by atoms with Gasteiger partial charge in [0.1, 0.15) is 22.0 Å². The number of ether oxygens (including phenoxy) is 3. The fourth-order valence-electron chi connectivity index (χ4n) is 7.23. The van der Waals surface area contributed by atoms with Gasteiger partial charge in [0.05, 0.1) is 25.8 Å². The smallest absolute Gasteiger partial charge is 0.416 e. The number of hydrogen-bond acceptors (Lipinski definition) is 8. The first kappa shape index (κ1) is 35.8. The number of carbonyl (C=O) groups excluding carboxylic acids is 1. The molecule has 2 N–H and O–H groups in total. The highest BCUT2D eigenvalue weighted by Gasteiger charge is 2.38. The van der Waals surface area contributed by atoms with Gasteiger partial charge in [0.15, 0.2) is 11.5 Å². The number of piperidine rings is 3. The predicted molar refractivity (Wildman–Crippen MR) is 194 cm³/mol. The number of pyridine rings is 2. The Kier molecular flexibility index (Phi) is 10.7. The molecule has 2 bridgehead atoms. The summed E-state index contributed by atoms with van der Waals surface area (Å²) in [6, 6.07) is 15.9. The lowest BCUT2D eigenvalue weighted by Gasteiger charge is -2.44. The summed E-state index contributed by atoms with van der Waals surface area (Å²) in [5.74, 6) is 0.605. The number of carboxylic acid groups (broad SMARTS) is 1. The molecule has 2 aromatic carbocycles. The summed E-state index contributed by atoms with van der Waals surface area (Å²) < 4.78 is 18.8. The molecule has 5 heterocycles. The molecule has 8 rings (SSSR count). The minimum absolute atomic E-state index is 0.0738. The van der Waals surface area contributed by atoms with Crippen LogP contribution in [0.25, 0.3) is 0 Å². The summed E-state index contributed by atoms with van der Waals surface area (Å²) in [6.07, 6.45) is 7.96. The number of amides is 1. The number of carboxylic acids is 1. The second kappa shape index (κ2) is 15.6. The lowest BCUT2D eigenvalue weighted by atomic mass is 9.82. The molecule has 2 atom stereocenters. The maximum atomic E-state index is 13.9. The van der Waals surface area contributed by atoms with Crippen molar-refractivity contribution in [3.63, 3.8) is 0 Å². The molecule has 4 fully saturated rings. The van der Waals surface area contributed by atoms with Crippen LogP contribution in [0.3, 0.4) is 0 Å². The molecule has 13 heteroatoms. The summed E-state index contributed by atoms with van der Waals surface area (Å²) in [5, 5.41) is 21.0. The van der Waals surface area contributed by atoms with Crippen molar-refractivity contribution in [2.45, 2.75) is 50.7 Å². The van der Waals surface area contributed by atoms with Gasteiger partial charge in [-0.1, -0.05) is 47.5 Å². The average Bonchev–Trinajstić information content (AvgIpc) is 3.98. The van der Waals surface area contributed by atoms with Crippen molar-refractivity contribution >= 4 is 41.1 Å². The molecule has 4 aliphatic rings. The Hall–Kier alpha value is -4.58. The highest BCUT2D eigenvalue weighted by atomic mass is 35.5. The standard InChI is InChI=1S/C39H40Cl2N4O7/c1-50-34-10-8-27(17-35(34)51-23-24-5-6-24)29(18-31-32(40)20-44(49)21-33(31)41)30-16-25(7-9-28(30)38(46)47)19-45(37-4-2-3-13-42-37)39(48)52-36-22-43-14-11-26(36)12-15-43/h2-4,7-10,13,16-17,20-21,24,26,29,36H,5-6,11-12,14-15,18-19,22-23H2,1H3,(H-,46,47,49)/p+1/t29-,36+/m1/s1. The predicted octanol–water partition coefficient (Wildman–Crippen LogP) is 7.02. The van der Waals surface area contributed by atoms with Crippen LogP contribution >= 0.6 is 23.2 Å². The number of aromatic carboxylic acids is 1. The molecule has 2 aromatic heterocycles. The van der Waals surface area contributed by atoms with Gasteiger partial charge in [-0.3, -0.25) is 15.0 Å². The summed E-state index contributed by atoms with van der Waals surface area (Å²) in [7, 11) is 1.57. The molecule has 0 spiro atoms. The molecular weight excluding hydrogens is 707 g/mol. The SMILES string of the molecule is COc1ccc([C@@H](Cc2c(Cl)c[n+](O)cc2Cl)c2cc(CN(C(=O)O[C@H]3CN4CCC3CC4)c3ccccn3)ccc2C(=O)O)cc1OCC1CC1. The zero-order chi connectivity index (χ0) is 36.4. The number of carbonyl (C=O) groups is 2. The van der Waals surface area contributed by atoms with Crippen molar-refractivity contribution in [3.05, 3.63) is 111 Å². The molecule has 11 nitrogen and oxygen atoms in total. The first-order valence-corrected chi connectivity index (χ1v) is 18.3. The number of halogens is 2. The topological polar surface area (TPSA) is 126 Å². The van der Waals surface area contributed by atoms with Crippen LogP contribution in [0.1, 0.15) is 64.2 Å². The zero-order valence-corrected chi connectivity index (χ0v) is 30.3. The molecule has 1 saturated carbocycles. The van der Waals surface area contributed by atoms with Gasteiger partial charge in [-0.15, -0.1) is 0 Å². The fourth-order valence-corrected chi connectivity index (χ4v) is 7.83. The Morgan fingerprint density at radius 2 is 1.79 bits per heavy atom. The third kappa shape index (κ3) is 8.06. The van der Waals surface area contributed by atoms with E-state index in [0.29, 0.717) is 59.0 Å². The van der Waals surface area contributed by atoms with E-state index >= 15 is 0 Å². The van der Waals surface area contributed by atoms with Gasteiger partial charge in [0, 0.05) is 29.0 Å². The molecule has 272 valence electrons. The molecule has 1 amide bonds. The Balaban J connectivity index is 1.28. The lowest BCUT2D eigenvalue weighted by Crippen LogP contribution is -2.53. The highest BCUT2D eigenvalue weighted by molar-refractivity contribution is 6.35. The van der Waals surface area contributed by atoms with Crippen LogP contribution in [0.4, 0.5) is 10.6 Å². The van der Waals surface area contributed by atoms with E-state index in [1.165, 1.54) is 17.3 Å². The molecular formula is C39H41Cl2N4O7+. The minimum Gasteiger partial charge on any atom is -0.493 e. The molecule has 3 saturated heterocycles. The van der Waals surface area contributed by atoms with E-state index in [2.05, 4.69) is 9.88 Å². The molecule has 1 aliphatic carbocycles. The maximum absolute atomic E-state index is 13.9. The van der Waals surface area contributed by atoms with Gasteiger partial charge in [-0.2, -0.15) is 0 Å². The number of hydrogen-bond donors (Lipinski definition) is 2. The van der Waals surface area contributed by atoms with E-state index in [0.717, 1.165) is 49.1 Å². The van der Waals surface area contributed by atoms with Gasteiger partial charge in [-0.05, 0) is 104 Å². The second-order valence-corrected chi connectivity index (χ2v) is 14.6. The van der Waals surface area contributed by atoms with Crippen LogP contribution in [0, 0.1) is 11.8 Å². The van der Waals surface area contributed by atoms with Crippen molar-refractivity contribution in [3.8, 4) is 11.5 Å². The average molecular weight is 749 g/mol. The zero-order valence-electron chi connectivity index (χ0n) is 28.8. The van der Waals surface area contributed by atoms with E-state index in [9.17, 15) is 19.9 Å². The van der Waals surface area contributed by atoms with E-state index in [1.807, 2.05) is 18.2 Å². The Morgan fingerprint density at radius 1 is 1.02 bits per heavy atom. The summed E-state index contributed by atoms with van der Waals surface area (Å²) in [4.78, 5) is 35.1. The fraction of sp³-hybridized carbons (Fsp3) is 0.385. The van der Waals surface area contributed by atoms with Crippen LogP contribution in [-0.4, -0.2) is 71.7 Å². The molecule has 0 unspecified atom stereocenters. The third-order valence-corrected chi connectivity index (χ3v) is 10.9. The van der Waals surface area contributed by atoms with Crippen LogP contribution in [-0.2, 0) is 17.7 Å². The van der Waals surface area contributed by atoms with E-state index in [-0.39, 0.29) is 34.7 Å². The monoisotopic (exact) mass is 747 g/mol. The van der Waals surface area contributed by atoms with Gasteiger partial charge in [0.25, 0.3) is 0 Å². The van der Waals surface area contributed by atoms with Gasteiger partial charge in [0.2, 0.25) is 12.4 Å². The number of anilines is 1. The first-order chi connectivity index (χ1) is 25.2. The minimum atomic E-state index is -1.12. The number of aromatic nitrogens is 2. The summed E-state index contributed by atoms with van der Waals surface area (Å²) >= 11 is 13.3. The Morgan fingerprint density at radius 3 is 2.42 bits per heavy atom. The van der Waals surface area contributed by atoms with E-state index < -0.39 is 18.0 Å². The van der Waals surface area contributed by atoms with Gasteiger partial charge in [-0.25, -0.2) is 14.6 Å². The largest absolute Gasteiger partial charge is 0.493 e. The van der Waals surface area contributed by atoms with Gasteiger partial charge >= 0.3 is 12.1 Å². The van der Waals surface area contributed by atoms with Crippen LogP contribution in [0.2, 0.25) is 10.0 Å². The van der Waals surface area contributed by atoms with Crippen molar-refractivity contribution < 1.29 is 38.8 Å². The van der Waals surface area contributed by atoms with Crippen molar-refractivity contribution in [1.82, 2.24) is 9.88 Å². The Bertz CT molecular complexity index is 1910. The van der Waals surface area contributed by atoms with Crippen LogP contribution in [0.15, 0.2) is 73.2 Å². The second-order valence-electron chi connectivity index (χ2n) is 13.8. The van der Waals surface area contributed by atoms with E-state index in [1.54, 1.807) is 49.7 Å². The quantitative estimate of drug-likeness (QED) is 0.110. The summed E-state index contributed by atoms with van der Waals surface area (Å²) in [6.45, 7) is 3.37. The first-order valence-electron chi connectivity index (χ1n) is 17.5. The molecule has 0 radical (unpaired) electrons. The number of benzene rings is 2. The third-order valence-electron chi connectivity index (χ3n) is 10.3. The van der Waals surface area contributed by atoms with Crippen molar-refractivity contribution in [2.24, 2.45) is 11.8 Å². The van der Waals surface area contributed by atoms with Crippen molar-refractivity contribution in [2.75, 3.05) is 38.3 Å². The molecule has 52 heavy (non-hydrogen) atoms. The highest BCUT2D eigenvalue weighted by Crippen LogP contribution is 2.40. The normalized spacial score (nSPS) is 19.9. The van der Waals surface area contributed by atoms with Crippen molar-refractivity contribution in [1.29, 1.82) is 0 Å². The Labute approximate surface area is 312 Å². The van der Waals surface area contributed by atoms with Crippen LogP contribution in [0.5, 0.6) is 11.5 Å². The molecule has 3 aliphatic heterocycles. The van der Waals surface area contributed by atoms with E-state index in [4.69, 9.17) is 37.4 Å². The number of fused-ring (bicyclic) bond motifs is 3. The van der Waals surface area contributed by atoms with Crippen LogP contribution < -0.4 is 19.1 Å². The van der Waals surface area contributed by atoms with Gasteiger partial charge < -0.3 is 19.3 Å².